The summed E-state index contributed by atoms with van der Waals surface area (Å²) in [5.74, 6) is -18.1. The van der Waals surface area contributed by atoms with Crippen LogP contribution in [0.5, 0.6) is 5.75 Å². The van der Waals surface area contributed by atoms with E-state index in [1.54, 1.807) is 0 Å². The average molecular weight is 470 g/mol. The first-order chi connectivity index (χ1) is 14.3. The van der Waals surface area contributed by atoms with Gasteiger partial charge in [-0.15, -0.1) is 0 Å². The minimum Gasteiger partial charge on any atom is -0.456 e. The molecule has 3 heterocycles. The van der Waals surface area contributed by atoms with Gasteiger partial charge >= 0.3 is 28.0 Å². The first-order valence-electron chi connectivity index (χ1n) is 8.42. The molecular weight excluding hydrogens is 460 g/mol. The molecule has 0 spiro atoms. The molecule has 1 N–H and O–H groups in total. The molecule has 4 rings (SSSR count). The molecule has 0 aliphatic carbocycles. The molecular formula is C16H10F4O10S. The zero-order valence-electron chi connectivity index (χ0n) is 15.0. The molecule has 3 aliphatic rings. The van der Waals surface area contributed by atoms with Crippen LogP contribution in [0, 0.1) is 35.1 Å². The van der Waals surface area contributed by atoms with Crippen LogP contribution in [0.2, 0.25) is 0 Å². The zero-order valence-corrected chi connectivity index (χ0v) is 15.8. The monoisotopic (exact) mass is 470 g/mol. The molecule has 10 nitrogen and oxygen atoms in total. The van der Waals surface area contributed by atoms with Crippen LogP contribution in [-0.2, 0) is 38.7 Å². The van der Waals surface area contributed by atoms with Crippen LogP contribution < -0.4 is 4.74 Å². The fourth-order valence-corrected chi connectivity index (χ4v) is 4.64. The van der Waals surface area contributed by atoms with Crippen molar-refractivity contribution in [2.75, 3.05) is 0 Å². The van der Waals surface area contributed by atoms with Gasteiger partial charge in [-0.05, 0) is 0 Å². The van der Waals surface area contributed by atoms with E-state index in [4.69, 9.17) is 18.8 Å². The van der Waals surface area contributed by atoms with Crippen molar-refractivity contribution in [3.63, 3.8) is 0 Å². The number of ether oxygens (including phenoxy) is 4. The van der Waals surface area contributed by atoms with Crippen LogP contribution in [0.4, 0.5) is 17.6 Å². The number of carbonyl (C=O) groups is 3. The van der Waals surface area contributed by atoms with Gasteiger partial charge in [0.1, 0.15) is 24.0 Å². The summed E-state index contributed by atoms with van der Waals surface area (Å²) in [6.45, 7) is 1.03. The highest BCUT2D eigenvalue weighted by Gasteiger charge is 2.72. The molecule has 3 saturated heterocycles. The number of halogens is 4. The smallest absolute Gasteiger partial charge is 0.318 e. The van der Waals surface area contributed by atoms with E-state index in [9.17, 15) is 40.4 Å². The van der Waals surface area contributed by atoms with Gasteiger partial charge in [0.15, 0.2) is 28.7 Å². The molecule has 0 radical (unpaired) electrons. The largest absolute Gasteiger partial charge is 0.456 e. The standard InChI is InChI=1S/C16H10F4O10S/c1-2(21)27-12-9-3(4-10(28-9)13(12)30-16(4)23)15(22)29-11-5(17)7(19)14(31(24,25)26)8(20)6(11)18/h3-4,9-10,12-13H,1H3,(H,24,25,26). The van der Waals surface area contributed by atoms with Gasteiger partial charge in [-0.3, -0.25) is 18.9 Å². The second-order valence-corrected chi connectivity index (χ2v) is 8.26. The van der Waals surface area contributed by atoms with Crippen LogP contribution in [0.1, 0.15) is 6.92 Å². The van der Waals surface area contributed by atoms with Gasteiger partial charge in [-0.2, -0.15) is 17.2 Å². The van der Waals surface area contributed by atoms with Crippen molar-refractivity contribution in [1.29, 1.82) is 0 Å². The van der Waals surface area contributed by atoms with Crippen molar-refractivity contribution >= 4 is 28.0 Å². The number of carbonyl (C=O) groups excluding carboxylic acids is 3. The lowest BCUT2D eigenvalue weighted by molar-refractivity contribution is -0.160. The summed E-state index contributed by atoms with van der Waals surface area (Å²) >= 11 is 0. The van der Waals surface area contributed by atoms with Crippen LogP contribution in [-0.4, -0.2) is 55.3 Å². The fraction of sp³-hybridized carbons (Fsp3) is 0.438. The molecule has 1 aromatic carbocycles. The van der Waals surface area contributed by atoms with E-state index in [1.165, 1.54) is 0 Å². The Morgan fingerprint density at radius 2 is 1.58 bits per heavy atom. The van der Waals surface area contributed by atoms with Crippen molar-refractivity contribution in [2.45, 2.75) is 36.2 Å². The Kier molecular flexibility index (Phi) is 4.75. The van der Waals surface area contributed by atoms with Crippen molar-refractivity contribution < 1.29 is 63.9 Å². The van der Waals surface area contributed by atoms with Gasteiger partial charge in [0, 0.05) is 6.92 Å². The minimum atomic E-state index is -5.71. The summed E-state index contributed by atoms with van der Waals surface area (Å²) in [6, 6.07) is 0. The lowest BCUT2D eigenvalue weighted by Crippen LogP contribution is -2.48. The van der Waals surface area contributed by atoms with E-state index in [2.05, 4.69) is 4.74 Å². The predicted molar refractivity (Wildman–Crippen MR) is 82.8 cm³/mol. The van der Waals surface area contributed by atoms with Gasteiger partial charge in [-0.1, -0.05) is 0 Å². The summed E-state index contributed by atoms with van der Waals surface area (Å²) in [4.78, 5) is 33.6. The third-order valence-electron chi connectivity index (χ3n) is 5.12. The number of fused-ring (bicyclic) bond motifs is 1. The van der Waals surface area contributed by atoms with Gasteiger partial charge in [0.05, 0.1) is 0 Å². The summed E-state index contributed by atoms with van der Waals surface area (Å²) in [5.41, 5.74) is 0. The zero-order chi connectivity index (χ0) is 23.0. The maximum atomic E-state index is 14.2. The fourth-order valence-electron chi connectivity index (χ4n) is 4.01. The topological polar surface area (TPSA) is 142 Å². The van der Waals surface area contributed by atoms with E-state index in [0.29, 0.717) is 0 Å². The van der Waals surface area contributed by atoms with Crippen molar-refractivity contribution in [2.24, 2.45) is 11.8 Å². The van der Waals surface area contributed by atoms with Crippen molar-refractivity contribution in [1.82, 2.24) is 0 Å². The maximum absolute atomic E-state index is 14.2. The Labute approximate surface area is 169 Å². The third-order valence-corrected chi connectivity index (χ3v) is 6.00. The number of hydrogen-bond donors (Lipinski definition) is 1. The molecule has 6 atom stereocenters. The second-order valence-electron chi connectivity index (χ2n) is 6.90. The van der Waals surface area contributed by atoms with Gasteiger partial charge < -0.3 is 18.9 Å². The highest BCUT2D eigenvalue weighted by atomic mass is 32.2. The molecule has 2 bridgehead atoms. The molecule has 0 saturated carbocycles. The van der Waals surface area contributed by atoms with Crippen LogP contribution in [0.15, 0.2) is 4.90 Å². The van der Waals surface area contributed by atoms with E-state index in [0.717, 1.165) is 6.92 Å². The molecule has 0 amide bonds. The minimum absolute atomic E-state index is 0.810. The summed E-state index contributed by atoms with van der Waals surface area (Å²) in [5, 5.41) is 0. The predicted octanol–water partition coefficient (Wildman–Crippen LogP) is 0.266. The Bertz CT molecular complexity index is 1110. The average Bonchev–Trinajstić information content (AvgIpc) is 3.26. The summed E-state index contributed by atoms with van der Waals surface area (Å²) in [6.07, 6.45) is -4.62. The molecule has 6 unspecified atom stereocenters. The first kappa shape index (κ1) is 21.5. The SMILES string of the molecule is CC(=O)OC1C2OC(=O)C3C2OC1C3C(=O)Oc1c(F)c(F)c(S(=O)(=O)O)c(F)c1F. The third kappa shape index (κ3) is 3.06. The van der Waals surface area contributed by atoms with Crippen molar-refractivity contribution in [3.05, 3.63) is 23.3 Å². The van der Waals surface area contributed by atoms with Gasteiger partial charge in [-0.25, -0.2) is 8.78 Å². The quantitative estimate of drug-likeness (QED) is 0.214. The van der Waals surface area contributed by atoms with Crippen molar-refractivity contribution in [3.8, 4) is 5.75 Å². The maximum Gasteiger partial charge on any atom is 0.318 e. The molecule has 3 aliphatic heterocycles. The van der Waals surface area contributed by atoms with Crippen LogP contribution in [0.3, 0.4) is 0 Å². The summed E-state index contributed by atoms with van der Waals surface area (Å²) in [7, 11) is -5.71. The Morgan fingerprint density at radius 3 is 2.10 bits per heavy atom. The molecule has 31 heavy (non-hydrogen) atoms. The number of hydrogen-bond acceptors (Lipinski definition) is 9. The molecule has 0 aromatic heterocycles. The number of benzene rings is 1. The first-order valence-corrected chi connectivity index (χ1v) is 9.87. The van der Waals surface area contributed by atoms with E-state index in [1.807, 2.05) is 0 Å². The molecule has 1 aromatic rings. The lowest BCUT2D eigenvalue weighted by Gasteiger charge is -2.26. The Balaban J connectivity index is 1.69. The van der Waals surface area contributed by atoms with E-state index in [-0.39, 0.29) is 0 Å². The van der Waals surface area contributed by atoms with E-state index < -0.39 is 98.2 Å². The van der Waals surface area contributed by atoms with Crippen LogP contribution >= 0.6 is 0 Å². The summed E-state index contributed by atoms with van der Waals surface area (Å²) < 4.78 is 107. The van der Waals surface area contributed by atoms with E-state index >= 15 is 0 Å². The Hall–Kier alpha value is -2.78. The lowest BCUT2D eigenvalue weighted by atomic mass is 9.78. The number of rotatable bonds is 4. The molecule has 168 valence electrons. The van der Waals surface area contributed by atoms with Crippen LogP contribution in [0.25, 0.3) is 0 Å². The highest BCUT2D eigenvalue weighted by Crippen LogP contribution is 2.51. The molecule has 3 fully saturated rings. The second kappa shape index (κ2) is 6.86. The Morgan fingerprint density at radius 1 is 1.00 bits per heavy atom. The highest BCUT2D eigenvalue weighted by molar-refractivity contribution is 7.85. The molecule has 15 heteroatoms. The normalized spacial score (nSPS) is 31.0. The van der Waals surface area contributed by atoms with Gasteiger partial charge in [0.2, 0.25) is 17.4 Å². The van der Waals surface area contributed by atoms with Gasteiger partial charge in [0.25, 0.3) is 0 Å². The number of esters is 3.